The Hall–Kier alpha value is -2.63. The van der Waals surface area contributed by atoms with Gasteiger partial charge in [-0.25, -0.2) is 4.79 Å². The quantitative estimate of drug-likeness (QED) is 0.856. The van der Waals surface area contributed by atoms with Crippen LogP contribution in [0.4, 0.5) is 4.79 Å². The maximum Gasteiger partial charge on any atom is 0.408 e. The molecular formula is C15H17N3O3. The minimum atomic E-state index is -1.12. The molecule has 0 aliphatic heterocycles. The van der Waals surface area contributed by atoms with E-state index in [0.717, 1.165) is 10.5 Å². The van der Waals surface area contributed by atoms with E-state index < -0.39 is 12.1 Å². The number of ketones is 1. The molecule has 0 saturated carbocycles. The summed E-state index contributed by atoms with van der Waals surface area (Å²) in [6.07, 6.45) is 1.90. The van der Waals surface area contributed by atoms with Gasteiger partial charge in [-0.1, -0.05) is 30.3 Å². The molecule has 0 bridgehead atoms. The van der Waals surface area contributed by atoms with Gasteiger partial charge in [0.1, 0.15) is 0 Å². The topological polar surface area (TPSA) is 75.4 Å². The molecule has 1 heterocycles. The van der Waals surface area contributed by atoms with Gasteiger partial charge >= 0.3 is 6.09 Å². The fourth-order valence-electron chi connectivity index (χ4n) is 2.09. The summed E-state index contributed by atoms with van der Waals surface area (Å²) in [5, 5.41) is 13.3. The van der Waals surface area contributed by atoms with Crippen molar-refractivity contribution in [3.8, 4) is 0 Å². The highest BCUT2D eigenvalue weighted by molar-refractivity contribution is 5.98. The average molecular weight is 287 g/mol. The van der Waals surface area contributed by atoms with Gasteiger partial charge in [-0.3, -0.25) is 14.4 Å². The van der Waals surface area contributed by atoms with Crippen LogP contribution in [0, 0.1) is 0 Å². The first-order valence-electron chi connectivity index (χ1n) is 6.55. The van der Waals surface area contributed by atoms with Crippen LogP contribution in [0.1, 0.15) is 28.9 Å². The first-order valence-corrected chi connectivity index (χ1v) is 6.55. The van der Waals surface area contributed by atoms with Gasteiger partial charge in [-0.15, -0.1) is 0 Å². The predicted molar refractivity (Wildman–Crippen MR) is 77.1 cm³/mol. The third-order valence-corrected chi connectivity index (χ3v) is 3.34. The van der Waals surface area contributed by atoms with Crippen LogP contribution in [0.15, 0.2) is 42.7 Å². The Kier molecular flexibility index (Phi) is 4.37. The Morgan fingerprint density at radius 2 is 2.00 bits per heavy atom. The van der Waals surface area contributed by atoms with Crippen LogP contribution >= 0.6 is 0 Å². The zero-order valence-electron chi connectivity index (χ0n) is 11.9. The SMILES string of the molecule is CC(c1ccccc1)N(CC(=O)c1cnn(C)c1)C(=O)O. The van der Waals surface area contributed by atoms with E-state index in [2.05, 4.69) is 5.10 Å². The summed E-state index contributed by atoms with van der Waals surface area (Å²) in [6.45, 7) is 1.57. The maximum atomic E-state index is 12.2. The molecule has 2 rings (SSSR count). The van der Waals surface area contributed by atoms with E-state index in [9.17, 15) is 14.7 Å². The molecule has 1 aromatic heterocycles. The second-order valence-electron chi connectivity index (χ2n) is 4.82. The number of carbonyl (C=O) groups is 2. The van der Waals surface area contributed by atoms with Crippen LogP contribution < -0.4 is 0 Å². The summed E-state index contributed by atoms with van der Waals surface area (Å²) in [4.78, 5) is 24.7. The zero-order chi connectivity index (χ0) is 15.4. The summed E-state index contributed by atoms with van der Waals surface area (Å²) in [7, 11) is 1.71. The van der Waals surface area contributed by atoms with Crippen LogP contribution in [0.5, 0.6) is 0 Å². The van der Waals surface area contributed by atoms with Gasteiger partial charge in [-0.2, -0.15) is 5.10 Å². The Balaban J connectivity index is 2.16. The molecular weight excluding hydrogens is 270 g/mol. The highest BCUT2D eigenvalue weighted by Crippen LogP contribution is 2.20. The molecule has 1 aromatic carbocycles. The van der Waals surface area contributed by atoms with E-state index in [1.165, 1.54) is 10.9 Å². The van der Waals surface area contributed by atoms with Gasteiger partial charge in [0, 0.05) is 13.2 Å². The second-order valence-corrected chi connectivity index (χ2v) is 4.82. The maximum absolute atomic E-state index is 12.2. The molecule has 1 atom stereocenters. The van der Waals surface area contributed by atoms with Crippen molar-refractivity contribution in [3.05, 3.63) is 53.9 Å². The van der Waals surface area contributed by atoms with Crippen molar-refractivity contribution in [2.75, 3.05) is 6.54 Å². The molecule has 0 aliphatic rings. The van der Waals surface area contributed by atoms with E-state index >= 15 is 0 Å². The van der Waals surface area contributed by atoms with Gasteiger partial charge in [0.15, 0.2) is 5.78 Å². The van der Waals surface area contributed by atoms with Crippen molar-refractivity contribution < 1.29 is 14.7 Å². The second kappa shape index (κ2) is 6.21. The molecule has 110 valence electrons. The normalized spacial score (nSPS) is 11.9. The molecule has 0 spiro atoms. The average Bonchev–Trinajstić information content (AvgIpc) is 2.91. The van der Waals surface area contributed by atoms with Crippen molar-refractivity contribution in [1.82, 2.24) is 14.7 Å². The van der Waals surface area contributed by atoms with E-state index in [1.54, 1.807) is 20.2 Å². The number of aromatic nitrogens is 2. The highest BCUT2D eigenvalue weighted by atomic mass is 16.4. The van der Waals surface area contributed by atoms with E-state index in [0.29, 0.717) is 5.56 Å². The number of aryl methyl sites for hydroxylation is 1. The fraction of sp³-hybridized carbons (Fsp3) is 0.267. The summed E-state index contributed by atoms with van der Waals surface area (Å²) >= 11 is 0. The van der Waals surface area contributed by atoms with Crippen LogP contribution in [0.25, 0.3) is 0 Å². The summed E-state index contributed by atoms with van der Waals surface area (Å²) < 4.78 is 1.51. The van der Waals surface area contributed by atoms with Crippen LogP contribution in [-0.2, 0) is 7.05 Å². The Morgan fingerprint density at radius 1 is 1.33 bits per heavy atom. The lowest BCUT2D eigenvalue weighted by Crippen LogP contribution is -2.36. The van der Waals surface area contributed by atoms with Gasteiger partial charge < -0.3 is 5.11 Å². The summed E-state index contributed by atoms with van der Waals surface area (Å²) in [5.74, 6) is -0.270. The lowest BCUT2D eigenvalue weighted by molar-refractivity contribution is 0.0865. The van der Waals surface area contributed by atoms with E-state index in [4.69, 9.17) is 0 Å². The first kappa shape index (κ1) is 14.8. The predicted octanol–water partition coefficient (Wildman–Crippen LogP) is 2.34. The molecule has 0 fully saturated rings. The standard InChI is InChI=1S/C15H17N3O3/c1-11(12-6-4-3-5-7-12)18(15(20)21)10-14(19)13-8-16-17(2)9-13/h3-9,11H,10H2,1-2H3,(H,20,21). The third kappa shape index (κ3) is 3.47. The Labute approximate surface area is 122 Å². The minimum Gasteiger partial charge on any atom is -0.465 e. The van der Waals surface area contributed by atoms with Crippen molar-refractivity contribution in [2.45, 2.75) is 13.0 Å². The van der Waals surface area contributed by atoms with Crippen molar-refractivity contribution >= 4 is 11.9 Å². The Bertz CT molecular complexity index is 637. The molecule has 1 unspecified atom stereocenters. The summed E-state index contributed by atoms with van der Waals surface area (Å²) in [6, 6.07) is 8.83. The molecule has 1 N–H and O–H groups in total. The zero-order valence-corrected chi connectivity index (χ0v) is 11.9. The molecule has 2 aromatic rings. The molecule has 6 heteroatoms. The van der Waals surface area contributed by atoms with Gasteiger partial charge in [0.25, 0.3) is 0 Å². The van der Waals surface area contributed by atoms with Crippen molar-refractivity contribution in [2.24, 2.45) is 7.05 Å². The van der Waals surface area contributed by atoms with Crippen molar-refractivity contribution in [3.63, 3.8) is 0 Å². The van der Waals surface area contributed by atoms with Crippen LogP contribution in [0.2, 0.25) is 0 Å². The molecule has 0 radical (unpaired) electrons. The van der Waals surface area contributed by atoms with Gasteiger partial charge in [0.05, 0.1) is 24.3 Å². The molecule has 1 amide bonds. The number of amides is 1. The number of carbonyl (C=O) groups excluding carboxylic acids is 1. The largest absolute Gasteiger partial charge is 0.465 e. The molecule has 0 saturated heterocycles. The fourth-order valence-corrected chi connectivity index (χ4v) is 2.09. The molecule has 6 nitrogen and oxygen atoms in total. The number of benzene rings is 1. The van der Waals surface area contributed by atoms with Gasteiger partial charge in [0.2, 0.25) is 0 Å². The van der Waals surface area contributed by atoms with Crippen LogP contribution in [0.3, 0.4) is 0 Å². The Morgan fingerprint density at radius 3 is 2.52 bits per heavy atom. The highest BCUT2D eigenvalue weighted by Gasteiger charge is 2.24. The lowest BCUT2D eigenvalue weighted by Gasteiger charge is -2.26. The lowest BCUT2D eigenvalue weighted by atomic mass is 10.1. The summed E-state index contributed by atoms with van der Waals surface area (Å²) in [5.41, 5.74) is 1.25. The number of Topliss-reactive ketones (excluding diaryl/α,β-unsaturated/α-hetero) is 1. The number of rotatable bonds is 5. The number of nitrogens with zero attached hydrogens (tertiary/aromatic N) is 3. The first-order chi connectivity index (χ1) is 9.99. The third-order valence-electron chi connectivity index (χ3n) is 3.34. The number of carboxylic acid groups (broad SMARTS) is 1. The molecule has 21 heavy (non-hydrogen) atoms. The van der Waals surface area contributed by atoms with E-state index in [1.807, 2.05) is 30.3 Å². The van der Waals surface area contributed by atoms with Crippen LogP contribution in [-0.4, -0.2) is 38.2 Å². The van der Waals surface area contributed by atoms with Crippen molar-refractivity contribution in [1.29, 1.82) is 0 Å². The number of hydrogen-bond acceptors (Lipinski definition) is 3. The van der Waals surface area contributed by atoms with E-state index in [-0.39, 0.29) is 12.3 Å². The smallest absolute Gasteiger partial charge is 0.408 e. The number of hydrogen-bond donors (Lipinski definition) is 1. The van der Waals surface area contributed by atoms with Gasteiger partial charge in [-0.05, 0) is 12.5 Å². The molecule has 0 aliphatic carbocycles. The monoisotopic (exact) mass is 287 g/mol. The minimum absolute atomic E-state index is 0.197.